The van der Waals surface area contributed by atoms with E-state index < -0.39 is 11.8 Å². The maximum atomic E-state index is 13.2. The summed E-state index contributed by atoms with van der Waals surface area (Å²) in [6, 6.07) is 4.33. The summed E-state index contributed by atoms with van der Waals surface area (Å²) < 4.78 is 13.2. The van der Waals surface area contributed by atoms with Gasteiger partial charge in [0.25, 0.3) is 0 Å². The first-order valence-electron chi connectivity index (χ1n) is 6.11. The van der Waals surface area contributed by atoms with Crippen LogP contribution in [0.15, 0.2) is 18.2 Å². The van der Waals surface area contributed by atoms with E-state index in [2.05, 4.69) is 5.32 Å². The van der Waals surface area contributed by atoms with Crippen molar-refractivity contribution in [2.45, 2.75) is 25.3 Å². The van der Waals surface area contributed by atoms with Crippen molar-refractivity contribution in [2.24, 2.45) is 11.7 Å². The largest absolute Gasteiger partial charge is 0.478 e. The van der Waals surface area contributed by atoms with E-state index in [1.165, 1.54) is 12.1 Å². The van der Waals surface area contributed by atoms with Crippen LogP contribution in [0.3, 0.4) is 0 Å². The zero-order chi connectivity index (χ0) is 13.1. The van der Waals surface area contributed by atoms with Gasteiger partial charge in [-0.1, -0.05) is 6.42 Å². The Morgan fingerprint density at radius 1 is 1.50 bits per heavy atom. The van der Waals surface area contributed by atoms with Crippen LogP contribution in [0.1, 0.15) is 29.6 Å². The van der Waals surface area contributed by atoms with Gasteiger partial charge >= 0.3 is 5.97 Å². The molecule has 4 nitrogen and oxygen atoms in total. The number of carbonyl (C=O) groups is 1. The van der Waals surface area contributed by atoms with E-state index in [0.717, 1.165) is 19.3 Å². The van der Waals surface area contributed by atoms with Gasteiger partial charge in [-0.05, 0) is 43.5 Å². The molecule has 1 aromatic rings. The lowest BCUT2D eigenvalue weighted by atomic mass is 10.0. The molecule has 1 fully saturated rings. The molecule has 1 aliphatic carbocycles. The second-order valence-corrected chi connectivity index (χ2v) is 4.68. The first-order chi connectivity index (χ1) is 8.61. The summed E-state index contributed by atoms with van der Waals surface area (Å²) in [4.78, 5) is 10.8. The lowest BCUT2D eigenvalue weighted by Gasteiger charge is -2.21. The standard InChI is InChI=1S/C13H17FN2O2/c14-11-5-4-9(6-10(11)13(17)18)16-12-3-1-2-8(12)7-15/h4-6,8,12,16H,1-3,7,15H2,(H,17,18). The molecule has 1 aliphatic rings. The van der Waals surface area contributed by atoms with Gasteiger partial charge in [-0.3, -0.25) is 0 Å². The maximum Gasteiger partial charge on any atom is 0.338 e. The Hall–Kier alpha value is -1.62. The second-order valence-electron chi connectivity index (χ2n) is 4.68. The summed E-state index contributed by atoms with van der Waals surface area (Å²) in [7, 11) is 0. The number of nitrogens with two attached hydrogens (primary N) is 1. The molecule has 0 amide bonds. The molecule has 0 spiro atoms. The zero-order valence-corrected chi connectivity index (χ0v) is 10.0. The Morgan fingerprint density at radius 2 is 2.28 bits per heavy atom. The quantitative estimate of drug-likeness (QED) is 0.766. The summed E-state index contributed by atoms with van der Waals surface area (Å²) in [5.74, 6) is -1.56. The first-order valence-corrected chi connectivity index (χ1v) is 6.11. The molecule has 4 N–H and O–H groups in total. The number of carboxylic acids is 1. The molecule has 2 rings (SSSR count). The van der Waals surface area contributed by atoms with Gasteiger partial charge in [0.1, 0.15) is 5.82 Å². The highest BCUT2D eigenvalue weighted by Crippen LogP contribution is 2.28. The number of nitrogens with one attached hydrogen (secondary N) is 1. The number of benzene rings is 1. The van der Waals surface area contributed by atoms with Crippen LogP contribution in [-0.2, 0) is 0 Å². The molecule has 0 bridgehead atoms. The van der Waals surface area contributed by atoms with Crippen molar-refractivity contribution in [1.82, 2.24) is 0 Å². The minimum absolute atomic E-state index is 0.252. The van der Waals surface area contributed by atoms with Gasteiger partial charge in [0, 0.05) is 11.7 Å². The number of anilines is 1. The smallest absolute Gasteiger partial charge is 0.338 e. The van der Waals surface area contributed by atoms with Crippen molar-refractivity contribution in [1.29, 1.82) is 0 Å². The van der Waals surface area contributed by atoms with Gasteiger partial charge in [-0.25, -0.2) is 9.18 Å². The van der Waals surface area contributed by atoms with Gasteiger partial charge in [0.15, 0.2) is 0 Å². The predicted molar refractivity (Wildman–Crippen MR) is 67.2 cm³/mol. The molecule has 1 saturated carbocycles. The topological polar surface area (TPSA) is 75.3 Å². The zero-order valence-electron chi connectivity index (χ0n) is 10.0. The molecule has 1 aromatic carbocycles. The van der Waals surface area contributed by atoms with Crippen molar-refractivity contribution >= 4 is 11.7 Å². The normalized spacial score (nSPS) is 23.0. The van der Waals surface area contributed by atoms with Crippen LogP contribution in [0.5, 0.6) is 0 Å². The van der Waals surface area contributed by atoms with Crippen LogP contribution in [0.4, 0.5) is 10.1 Å². The van der Waals surface area contributed by atoms with Crippen molar-refractivity contribution < 1.29 is 14.3 Å². The minimum Gasteiger partial charge on any atom is -0.478 e. The number of halogens is 1. The monoisotopic (exact) mass is 252 g/mol. The highest BCUT2D eigenvalue weighted by atomic mass is 19.1. The molecule has 98 valence electrons. The lowest BCUT2D eigenvalue weighted by Crippen LogP contribution is -2.29. The fourth-order valence-electron chi connectivity index (χ4n) is 2.50. The van der Waals surface area contributed by atoms with E-state index in [1.54, 1.807) is 6.07 Å². The summed E-state index contributed by atoms with van der Waals surface area (Å²) in [5, 5.41) is 12.1. The van der Waals surface area contributed by atoms with Gasteiger partial charge in [-0.2, -0.15) is 0 Å². The highest BCUT2D eigenvalue weighted by Gasteiger charge is 2.26. The number of rotatable bonds is 4. The molecular weight excluding hydrogens is 235 g/mol. The SMILES string of the molecule is NCC1CCCC1Nc1ccc(F)c(C(=O)O)c1. The minimum atomic E-state index is -1.25. The van der Waals surface area contributed by atoms with Gasteiger partial charge in [0.2, 0.25) is 0 Å². The van der Waals surface area contributed by atoms with Crippen LogP contribution < -0.4 is 11.1 Å². The summed E-state index contributed by atoms with van der Waals surface area (Å²) in [5.41, 5.74) is 6.02. The fourth-order valence-corrected chi connectivity index (χ4v) is 2.50. The Morgan fingerprint density at radius 3 is 2.94 bits per heavy atom. The summed E-state index contributed by atoms with van der Waals surface area (Å²) >= 11 is 0. The maximum absolute atomic E-state index is 13.2. The second kappa shape index (κ2) is 5.35. The van der Waals surface area contributed by atoms with Crippen molar-refractivity contribution in [2.75, 3.05) is 11.9 Å². The van der Waals surface area contributed by atoms with Crippen molar-refractivity contribution in [3.8, 4) is 0 Å². The molecule has 5 heteroatoms. The van der Waals surface area contributed by atoms with Gasteiger partial charge in [-0.15, -0.1) is 0 Å². The molecule has 0 saturated heterocycles. The third kappa shape index (κ3) is 2.61. The van der Waals surface area contributed by atoms with E-state index in [1.807, 2.05) is 0 Å². The average molecular weight is 252 g/mol. The molecule has 0 aromatic heterocycles. The molecule has 2 unspecified atom stereocenters. The first kappa shape index (κ1) is 12.8. The van der Waals surface area contributed by atoms with Crippen LogP contribution >= 0.6 is 0 Å². The molecule has 18 heavy (non-hydrogen) atoms. The van der Waals surface area contributed by atoms with Crippen LogP contribution in [-0.4, -0.2) is 23.7 Å². The average Bonchev–Trinajstić information content (AvgIpc) is 2.78. The Kier molecular flexibility index (Phi) is 3.81. The van der Waals surface area contributed by atoms with E-state index >= 15 is 0 Å². The Balaban J connectivity index is 2.14. The number of hydrogen-bond acceptors (Lipinski definition) is 3. The van der Waals surface area contributed by atoms with Crippen molar-refractivity contribution in [3.05, 3.63) is 29.6 Å². The molecular formula is C13H17FN2O2. The lowest BCUT2D eigenvalue weighted by molar-refractivity contribution is 0.0692. The third-order valence-electron chi connectivity index (χ3n) is 3.51. The third-order valence-corrected chi connectivity index (χ3v) is 3.51. The van der Waals surface area contributed by atoms with Gasteiger partial charge in [0.05, 0.1) is 5.56 Å². The Labute approximate surface area is 105 Å². The number of carboxylic acid groups (broad SMARTS) is 1. The molecule has 0 heterocycles. The van der Waals surface area contributed by atoms with E-state index in [0.29, 0.717) is 18.2 Å². The van der Waals surface area contributed by atoms with Crippen molar-refractivity contribution in [3.63, 3.8) is 0 Å². The highest BCUT2D eigenvalue weighted by molar-refractivity contribution is 5.89. The molecule has 2 atom stereocenters. The van der Waals surface area contributed by atoms with E-state index in [4.69, 9.17) is 10.8 Å². The number of aromatic carboxylic acids is 1. The molecule has 0 aliphatic heterocycles. The van der Waals surface area contributed by atoms with Crippen LogP contribution in [0.2, 0.25) is 0 Å². The Bertz CT molecular complexity index is 451. The van der Waals surface area contributed by atoms with Crippen LogP contribution in [0.25, 0.3) is 0 Å². The van der Waals surface area contributed by atoms with E-state index in [9.17, 15) is 9.18 Å². The fraction of sp³-hybridized carbons (Fsp3) is 0.462. The van der Waals surface area contributed by atoms with Gasteiger partial charge < -0.3 is 16.2 Å². The summed E-state index contributed by atoms with van der Waals surface area (Å²) in [6.07, 6.45) is 3.22. The van der Waals surface area contributed by atoms with Crippen LogP contribution in [0, 0.1) is 11.7 Å². The predicted octanol–water partition coefficient (Wildman–Crippen LogP) is 2.06. The molecule has 0 radical (unpaired) electrons. The van der Waals surface area contributed by atoms with E-state index in [-0.39, 0.29) is 11.6 Å². The number of hydrogen-bond donors (Lipinski definition) is 3. The summed E-state index contributed by atoms with van der Waals surface area (Å²) in [6.45, 7) is 0.616.